The number of hydrogen-bond donors (Lipinski definition) is 1. The minimum atomic E-state index is 0.477. The molecule has 0 heterocycles. The van der Waals surface area contributed by atoms with Crippen LogP contribution in [0.2, 0.25) is 10.0 Å². The Morgan fingerprint density at radius 1 is 1.00 bits per heavy atom. The molecule has 0 aliphatic heterocycles. The predicted molar refractivity (Wildman–Crippen MR) is 80.9 cm³/mol. The second kappa shape index (κ2) is 5.54. The van der Waals surface area contributed by atoms with Crippen molar-refractivity contribution in [2.24, 2.45) is 0 Å². The maximum Gasteiger partial charge on any atom is 0.0450 e. The fraction of sp³-hybridized carbons (Fsp3) is 0.250. The SMILES string of the molecule is Clc1ccc2c(c1)CC(NCc1ccccc1Cl)C2. The normalized spacial score (nSPS) is 17.5. The summed E-state index contributed by atoms with van der Waals surface area (Å²) in [6, 6.07) is 14.6. The molecule has 0 radical (unpaired) electrons. The highest BCUT2D eigenvalue weighted by atomic mass is 35.5. The van der Waals surface area contributed by atoms with E-state index < -0.39 is 0 Å². The van der Waals surface area contributed by atoms with E-state index >= 15 is 0 Å². The van der Waals surface area contributed by atoms with Gasteiger partial charge in [0.15, 0.2) is 0 Å². The van der Waals surface area contributed by atoms with Crippen molar-refractivity contribution in [2.45, 2.75) is 25.4 Å². The van der Waals surface area contributed by atoms with Gasteiger partial charge in [0.25, 0.3) is 0 Å². The Morgan fingerprint density at radius 2 is 1.79 bits per heavy atom. The largest absolute Gasteiger partial charge is 0.309 e. The van der Waals surface area contributed by atoms with Crippen molar-refractivity contribution in [1.82, 2.24) is 5.32 Å². The Morgan fingerprint density at radius 3 is 2.63 bits per heavy atom. The van der Waals surface area contributed by atoms with Crippen LogP contribution >= 0.6 is 23.2 Å². The van der Waals surface area contributed by atoms with Gasteiger partial charge >= 0.3 is 0 Å². The Hall–Kier alpha value is -1.02. The van der Waals surface area contributed by atoms with Gasteiger partial charge in [-0.2, -0.15) is 0 Å². The van der Waals surface area contributed by atoms with Gasteiger partial charge in [0.05, 0.1) is 0 Å². The van der Waals surface area contributed by atoms with Crippen LogP contribution < -0.4 is 5.32 Å². The third-order valence-electron chi connectivity index (χ3n) is 3.64. The van der Waals surface area contributed by atoms with E-state index in [9.17, 15) is 0 Å². The zero-order valence-corrected chi connectivity index (χ0v) is 12.0. The molecule has 98 valence electrons. The molecule has 0 saturated carbocycles. The standard InChI is InChI=1S/C16H15Cl2N/c17-14-6-5-11-8-15(9-13(11)7-14)19-10-12-3-1-2-4-16(12)18/h1-7,15,19H,8-10H2. The molecule has 0 bridgehead atoms. The van der Waals surface area contributed by atoms with Gasteiger partial charge in [-0.05, 0) is 47.7 Å². The van der Waals surface area contributed by atoms with E-state index in [1.807, 2.05) is 24.3 Å². The van der Waals surface area contributed by atoms with E-state index in [4.69, 9.17) is 23.2 Å². The molecular formula is C16H15Cl2N. The maximum atomic E-state index is 6.16. The lowest BCUT2D eigenvalue weighted by Crippen LogP contribution is -2.29. The van der Waals surface area contributed by atoms with Crippen LogP contribution in [-0.4, -0.2) is 6.04 Å². The number of fused-ring (bicyclic) bond motifs is 1. The van der Waals surface area contributed by atoms with Crippen LogP contribution in [0.4, 0.5) is 0 Å². The molecule has 1 aliphatic carbocycles. The summed E-state index contributed by atoms with van der Waals surface area (Å²) in [5.41, 5.74) is 3.92. The molecule has 0 fully saturated rings. The first-order chi connectivity index (χ1) is 9.22. The molecule has 2 aromatic carbocycles. The minimum absolute atomic E-state index is 0.477. The van der Waals surface area contributed by atoms with Crippen molar-refractivity contribution in [2.75, 3.05) is 0 Å². The molecule has 1 N–H and O–H groups in total. The summed E-state index contributed by atoms with van der Waals surface area (Å²) in [6.07, 6.45) is 2.11. The number of rotatable bonds is 3. The van der Waals surface area contributed by atoms with Crippen LogP contribution in [0.1, 0.15) is 16.7 Å². The smallest absolute Gasteiger partial charge is 0.0450 e. The van der Waals surface area contributed by atoms with Crippen molar-refractivity contribution in [1.29, 1.82) is 0 Å². The maximum absolute atomic E-state index is 6.16. The molecule has 3 heteroatoms. The lowest BCUT2D eigenvalue weighted by Gasteiger charge is -2.12. The second-order valence-corrected chi connectivity index (χ2v) is 5.83. The monoisotopic (exact) mass is 291 g/mol. The zero-order valence-electron chi connectivity index (χ0n) is 10.5. The van der Waals surface area contributed by atoms with Crippen LogP contribution in [-0.2, 0) is 19.4 Å². The average molecular weight is 292 g/mol. The van der Waals surface area contributed by atoms with Crippen molar-refractivity contribution in [3.63, 3.8) is 0 Å². The summed E-state index contributed by atoms with van der Waals surface area (Å²) >= 11 is 12.2. The first-order valence-corrected chi connectivity index (χ1v) is 7.22. The molecule has 0 saturated heterocycles. The minimum Gasteiger partial charge on any atom is -0.309 e. The summed E-state index contributed by atoms with van der Waals surface area (Å²) in [6.45, 7) is 0.812. The fourth-order valence-corrected chi connectivity index (χ4v) is 3.02. The topological polar surface area (TPSA) is 12.0 Å². The predicted octanol–water partition coefficient (Wildman–Crippen LogP) is 4.25. The van der Waals surface area contributed by atoms with E-state index in [-0.39, 0.29) is 0 Å². The third kappa shape index (κ3) is 2.94. The summed E-state index contributed by atoms with van der Waals surface area (Å²) in [4.78, 5) is 0. The molecule has 1 atom stereocenters. The summed E-state index contributed by atoms with van der Waals surface area (Å²) in [5.74, 6) is 0. The van der Waals surface area contributed by atoms with Gasteiger partial charge < -0.3 is 5.32 Å². The number of halogens is 2. The molecule has 1 aliphatic rings. The second-order valence-electron chi connectivity index (χ2n) is 4.99. The van der Waals surface area contributed by atoms with Crippen molar-refractivity contribution in [3.8, 4) is 0 Å². The van der Waals surface area contributed by atoms with Crippen molar-refractivity contribution in [3.05, 3.63) is 69.2 Å². The third-order valence-corrected chi connectivity index (χ3v) is 4.24. The Labute approximate surface area is 123 Å². The summed E-state index contributed by atoms with van der Waals surface area (Å²) < 4.78 is 0. The van der Waals surface area contributed by atoms with E-state index in [0.29, 0.717) is 6.04 Å². The first kappa shape index (κ1) is 13.0. The van der Waals surface area contributed by atoms with E-state index in [1.165, 1.54) is 11.1 Å². The Bertz CT molecular complexity index is 595. The van der Waals surface area contributed by atoms with Crippen molar-refractivity contribution < 1.29 is 0 Å². The number of hydrogen-bond acceptors (Lipinski definition) is 1. The highest BCUT2D eigenvalue weighted by molar-refractivity contribution is 6.31. The van der Waals surface area contributed by atoms with E-state index in [1.54, 1.807) is 0 Å². The quantitative estimate of drug-likeness (QED) is 0.891. The van der Waals surface area contributed by atoms with Crippen LogP contribution in [0.15, 0.2) is 42.5 Å². The molecular weight excluding hydrogens is 277 g/mol. The Kier molecular flexibility index (Phi) is 3.79. The van der Waals surface area contributed by atoms with Crippen LogP contribution in [0.25, 0.3) is 0 Å². The van der Waals surface area contributed by atoms with Gasteiger partial charge in [-0.15, -0.1) is 0 Å². The molecule has 0 aromatic heterocycles. The summed E-state index contributed by atoms with van der Waals surface area (Å²) in [7, 11) is 0. The molecule has 1 nitrogen and oxygen atoms in total. The van der Waals surface area contributed by atoms with Crippen LogP contribution in [0.3, 0.4) is 0 Å². The van der Waals surface area contributed by atoms with Gasteiger partial charge in [0.1, 0.15) is 0 Å². The number of benzene rings is 2. The molecule has 1 unspecified atom stereocenters. The lowest BCUT2D eigenvalue weighted by atomic mass is 10.1. The lowest BCUT2D eigenvalue weighted by molar-refractivity contribution is 0.533. The Balaban J connectivity index is 1.63. The van der Waals surface area contributed by atoms with Gasteiger partial charge in [-0.3, -0.25) is 0 Å². The van der Waals surface area contributed by atoms with E-state index in [2.05, 4.69) is 23.5 Å². The molecule has 3 rings (SSSR count). The van der Waals surface area contributed by atoms with Crippen LogP contribution in [0, 0.1) is 0 Å². The average Bonchev–Trinajstić information content (AvgIpc) is 2.79. The van der Waals surface area contributed by atoms with Crippen LogP contribution in [0.5, 0.6) is 0 Å². The molecule has 0 amide bonds. The molecule has 0 spiro atoms. The van der Waals surface area contributed by atoms with Gasteiger partial charge in [0.2, 0.25) is 0 Å². The highest BCUT2D eigenvalue weighted by Gasteiger charge is 2.21. The first-order valence-electron chi connectivity index (χ1n) is 6.46. The zero-order chi connectivity index (χ0) is 13.2. The van der Waals surface area contributed by atoms with Crippen molar-refractivity contribution >= 4 is 23.2 Å². The van der Waals surface area contributed by atoms with Gasteiger partial charge in [-0.25, -0.2) is 0 Å². The molecule has 2 aromatic rings. The van der Waals surface area contributed by atoms with E-state index in [0.717, 1.165) is 35.0 Å². The highest BCUT2D eigenvalue weighted by Crippen LogP contribution is 2.25. The van der Waals surface area contributed by atoms with Gasteiger partial charge in [0, 0.05) is 22.6 Å². The van der Waals surface area contributed by atoms with Gasteiger partial charge in [-0.1, -0.05) is 47.5 Å². The summed E-state index contributed by atoms with van der Waals surface area (Å²) in [5, 5.41) is 5.23. The fourth-order valence-electron chi connectivity index (χ4n) is 2.63. The number of nitrogens with one attached hydrogen (secondary N) is 1. The molecule has 19 heavy (non-hydrogen) atoms.